The van der Waals surface area contributed by atoms with Crippen molar-refractivity contribution in [3.8, 4) is 0 Å². The van der Waals surface area contributed by atoms with Gasteiger partial charge in [-0.1, -0.05) is 6.92 Å². The molecule has 0 saturated heterocycles. The molecular formula is C9H18N2. The Balaban J connectivity index is 4.35. The molecule has 0 saturated carbocycles. The molecule has 0 fully saturated rings. The molecule has 0 aromatic carbocycles. The Morgan fingerprint density at radius 3 is 2.27 bits per heavy atom. The summed E-state index contributed by atoms with van der Waals surface area (Å²) in [6.45, 7) is 4.16. The SMILES string of the molecule is CC/C(=C\C(C)=NC)N(C)C. The van der Waals surface area contributed by atoms with Crippen molar-refractivity contribution in [1.82, 2.24) is 4.90 Å². The van der Waals surface area contributed by atoms with Gasteiger partial charge in [-0.2, -0.15) is 0 Å². The van der Waals surface area contributed by atoms with Gasteiger partial charge in [0.05, 0.1) is 0 Å². The van der Waals surface area contributed by atoms with Gasteiger partial charge in [-0.3, -0.25) is 4.99 Å². The standard InChI is InChI=1S/C9H18N2/c1-6-9(11(4)5)7-8(2)10-3/h7H,6H2,1-5H3/b9-7+,10-8?. The lowest BCUT2D eigenvalue weighted by atomic mass is 10.2. The molecule has 0 aromatic heterocycles. The molecule has 0 unspecified atom stereocenters. The fraction of sp³-hybridized carbons (Fsp3) is 0.667. The fourth-order valence-electron chi connectivity index (χ4n) is 0.853. The lowest BCUT2D eigenvalue weighted by molar-refractivity contribution is 0.495. The Labute approximate surface area is 69.6 Å². The quantitative estimate of drug-likeness (QED) is 0.567. The molecule has 0 amide bonds. The maximum atomic E-state index is 4.07. The smallest absolute Gasteiger partial charge is 0.0331 e. The van der Waals surface area contributed by atoms with E-state index in [2.05, 4.69) is 37.0 Å². The van der Waals surface area contributed by atoms with Crippen LogP contribution in [0.3, 0.4) is 0 Å². The number of aliphatic imine (C=N–C) groups is 1. The Hall–Kier alpha value is -0.790. The van der Waals surface area contributed by atoms with Gasteiger partial charge in [-0.05, 0) is 19.4 Å². The van der Waals surface area contributed by atoms with E-state index in [4.69, 9.17) is 0 Å². The number of hydrogen-bond acceptors (Lipinski definition) is 2. The molecule has 0 N–H and O–H groups in total. The molecule has 0 bridgehead atoms. The highest BCUT2D eigenvalue weighted by Gasteiger charge is 1.95. The third-order valence-corrected chi connectivity index (χ3v) is 1.66. The molecule has 2 heteroatoms. The highest BCUT2D eigenvalue weighted by Crippen LogP contribution is 2.03. The minimum absolute atomic E-state index is 1.06. The van der Waals surface area contributed by atoms with Gasteiger partial charge in [0, 0.05) is 32.6 Å². The van der Waals surface area contributed by atoms with E-state index in [0.717, 1.165) is 12.1 Å². The third kappa shape index (κ3) is 3.81. The van der Waals surface area contributed by atoms with Crippen molar-refractivity contribution in [3.05, 3.63) is 11.8 Å². The van der Waals surface area contributed by atoms with E-state index in [0.29, 0.717) is 0 Å². The van der Waals surface area contributed by atoms with Crippen LogP contribution < -0.4 is 0 Å². The molecule has 0 atom stereocenters. The van der Waals surface area contributed by atoms with Crippen LogP contribution in [0, 0.1) is 0 Å². The van der Waals surface area contributed by atoms with Crippen LogP contribution in [-0.2, 0) is 0 Å². The summed E-state index contributed by atoms with van der Waals surface area (Å²) in [7, 11) is 5.92. The molecule has 0 aromatic rings. The number of allylic oxidation sites excluding steroid dienone is 2. The molecule has 0 heterocycles. The van der Waals surface area contributed by atoms with Crippen LogP contribution in [0.25, 0.3) is 0 Å². The van der Waals surface area contributed by atoms with Gasteiger partial charge in [0.2, 0.25) is 0 Å². The van der Waals surface area contributed by atoms with Gasteiger partial charge in [0.25, 0.3) is 0 Å². The summed E-state index contributed by atoms with van der Waals surface area (Å²) >= 11 is 0. The zero-order valence-electron chi connectivity index (χ0n) is 8.18. The molecular weight excluding hydrogens is 136 g/mol. The van der Waals surface area contributed by atoms with Crippen LogP contribution in [0.2, 0.25) is 0 Å². The first kappa shape index (κ1) is 10.2. The third-order valence-electron chi connectivity index (χ3n) is 1.66. The summed E-state index contributed by atoms with van der Waals surface area (Å²) in [5, 5.41) is 0. The molecule has 11 heavy (non-hydrogen) atoms. The maximum absolute atomic E-state index is 4.07. The van der Waals surface area contributed by atoms with Crippen LogP contribution in [0.1, 0.15) is 20.3 Å². The molecule has 0 rings (SSSR count). The van der Waals surface area contributed by atoms with E-state index < -0.39 is 0 Å². The van der Waals surface area contributed by atoms with Crippen molar-refractivity contribution >= 4 is 5.71 Å². The summed E-state index contributed by atoms with van der Waals surface area (Å²) in [6.07, 6.45) is 3.17. The topological polar surface area (TPSA) is 15.6 Å². The molecule has 0 aliphatic rings. The minimum atomic E-state index is 1.06. The van der Waals surface area contributed by atoms with Gasteiger partial charge in [-0.15, -0.1) is 0 Å². The lowest BCUT2D eigenvalue weighted by Crippen LogP contribution is -2.11. The van der Waals surface area contributed by atoms with E-state index >= 15 is 0 Å². The zero-order chi connectivity index (χ0) is 8.85. The summed E-state index contributed by atoms with van der Waals surface area (Å²) in [4.78, 5) is 6.19. The first-order valence-electron chi connectivity index (χ1n) is 3.93. The van der Waals surface area contributed by atoms with E-state index in [-0.39, 0.29) is 0 Å². The molecule has 64 valence electrons. The number of rotatable bonds is 3. The second-order valence-corrected chi connectivity index (χ2v) is 2.75. The molecule has 0 radical (unpaired) electrons. The molecule has 0 aliphatic heterocycles. The average molecular weight is 154 g/mol. The van der Waals surface area contributed by atoms with Crippen molar-refractivity contribution in [2.75, 3.05) is 21.1 Å². The predicted octanol–water partition coefficient (Wildman–Crippen LogP) is 1.93. The summed E-state index contributed by atoms with van der Waals surface area (Å²) in [5.41, 5.74) is 2.39. The maximum Gasteiger partial charge on any atom is 0.0331 e. The zero-order valence-corrected chi connectivity index (χ0v) is 8.18. The van der Waals surface area contributed by atoms with Crippen molar-refractivity contribution in [3.63, 3.8) is 0 Å². The van der Waals surface area contributed by atoms with Crippen molar-refractivity contribution in [2.24, 2.45) is 4.99 Å². The lowest BCUT2D eigenvalue weighted by Gasteiger charge is -2.15. The van der Waals surface area contributed by atoms with Crippen LogP contribution in [0.5, 0.6) is 0 Å². The molecule has 2 nitrogen and oxygen atoms in total. The minimum Gasteiger partial charge on any atom is -0.381 e. The van der Waals surface area contributed by atoms with Gasteiger partial charge in [0.15, 0.2) is 0 Å². The monoisotopic (exact) mass is 154 g/mol. The van der Waals surface area contributed by atoms with Crippen LogP contribution in [0.15, 0.2) is 16.8 Å². The van der Waals surface area contributed by atoms with Crippen LogP contribution >= 0.6 is 0 Å². The Kier molecular flexibility index (Phi) is 4.59. The molecule has 0 spiro atoms. The average Bonchev–Trinajstić information content (AvgIpc) is 1.99. The van der Waals surface area contributed by atoms with E-state index in [1.54, 1.807) is 0 Å². The first-order chi connectivity index (χ1) is 5.11. The largest absolute Gasteiger partial charge is 0.381 e. The van der Waals surface area contributed by atoms with Crippen LogP contribution in [-0.4, -0.2) is 31.8 Å². The van der Waals surface area contributed by atoms with E-state index in [1.165, 1.54) is 5.70 Å². The second-order valence-electron chi connectivity index (χ2n) is 2.75. The van der Waals surface area contributed by atoms with Crippen LogP contribution in [0.4, 0.5) is 0 Å². The van der Waals surface area contributed by atoms with E-state index in [9.17, 15) is 0 Å². The van der Waals surface area contributed by atoms with Crippen molar-refractivity contribution in [2.45, 2.75) is 20.3 Å². The Morgan fingerprint density at radius 2 is 2.00 bits per heavy atom. The fourth-order valence-corrected chi connectivity index (χ4v) is 0.853. The van der Waals surface area contributed by atoms with Gasteiger partial charge >= 0.3 is 0 Å². The molecule has 0 aliphatic carbocycles. The van der Waals surface area contributed by atoms with Gasteiger partial charge in [0.1, 0.15) is 0 Å². The Bertz CT molecular complexity index is 166. The van der Waals surface area contributed by atoms with Crippen molar-refractivity contribution < 1.29 is 0 Å². The summed E-state index contributed by atoms with van der Waals surface area (Å²) < 4.78 is 0. The summed E-state index contributed by atoms with van der Waals surface area (Å²) in [5.74, 6) is 0. The number of hydrogen-bond donors (Lipinski definition) is 0. The Morgan fingerprint density at radius 1 is 1.45 bits per heavy atom. The normalized spacial score (nSPS) is 13.5. The van der Waals surface area contributed by atoms with E-state index in [1.807, 2.05) is 14.0 Å². The first-order valence-corrected chi connectivity index (χ1v) is 3.93. The summed E-state index contributed by atoms with van der Waals surface area (Å²) in [6, 6.07) is 0. The predicted molar refractivity (Wildman–Crippen MR) is 51.1 cm³/mol. The number of nitrogens with zero attached hydrogens (tertiary/aromatic N) is 2. The highest BCUT2D eigenvalue weighted by atomic mass is 15.1. The van der Waals surface area contributed by atoms with Crippen molar-refractivity contribution in [1.29, 1.82) is 0 Å². The van der Waals surface area contributed by atoms with Gasteiger partial charge < -0.3 is 4.90 Å². The highest BCUT2D eigenvalue weighted by molar-refractivity contribution is 5.93. The van der Waals surface area contributed by atoms with Gasteiger partial charge in [-0.25, -0.2) is 0 Å². The second kappa shape index (κ2) is 4.94.